The van der Waals surface area contributed by atoms with Gasteiger partial charge in [-0.05, 0) is 43.9 Å². The number of hydrogen-bond acceptors (Lipinski definition) is 3. The highest BCUT2D eigenvalue weighted by atomic mass is 16.1. The average molecular weight is 291 g/mol. The molecule has 1 saturated heterocycles. The third-order valence-electron chi connectivity index (χ3n) is 4.47. The number of hydrogen-bond donors (Lipinski definition) is 0. The standard InChI is InChI=1S/C17H29N3O/c1-11(2)6-7-15-14(5)18-17(19-16(15)21)20-9-12(3)8-13(4)10-20/h11-13,15H,6-10H2,1-5H3. The van der Waals surface area contributed by atoms with Gasteiger partial charge in [0.15, 0.2) is 0 Å². The van der Waals surface area contributed by atoms with Crippen molar-refractivity contribution < 1.29 is 4.79 Å². The molecule has 0 bridgehead atoms. The predicted molar refractivity (Wildman–Crippen MR) is 87.6 cm³/mol. The van der Waals surface area contributed by atoms with Gasteiger partial charge in [-0.15, -0.1) is 0 Å². The molecule has 0 spiro atoms. The van der Waals surface area contributed by atoms with Crippen LogP contribution >= 0.6 is 0 Å². The summed E-state index contributed by atoms with van der Waals surface area (Å²) >= 11 is 0. The number of piperidine rings is 1. The van der Waals surface area contributed by atoms with Gasteiger partial charge < -0.3 is 4.90 Å². The lowest BCUT2D eigenvalue weighted by atomic mass is 9.91. The second kappa shape index (κ2) is 6.71. The van der Waals surface area contributed by atoms with Gasteiger partial charge in [0.05, 0.1) is 5.92 Å². The molecule has 3 atom stereocenters. The maximum Gasteiger partial charge on any atom is 0.257 e. The summed E-state index contributed by atoms with van der Waals surface area (Å²) in [4.78, 5) is 23.5. The lowest BCUT2D eigenvalue weighted by Crippen LogP contribution is -2.44. The van der Waals surface area contributed by atoms with Crippen LogP contribution in [0.1, 0.15) is 53.9 Å². The van der Waals surface area contributed by atoms with Crippen molar-refractivity contribution in [3.63, 3.8) is 0 Å². The smallest absolute Gasteiger partial charge is 0.257 e. The molecule has 3 unspecified atom stereocenters. The highest BCUT2D eigenvalue weighted by Crippen LogP contribution is 2.24. The van der Waals surface area contributed by atoms with Crippen LogP contribution in [0.4, 0.5) is 0 Å². The molecule has 2 aliphatic rings. The van der Waals surface area contributed by atoms with E-state index < -0.39 is 0 Å². The van der Waals surface area contributed by atoms with Crippen LogP contribution in [-0.4, -0.2) is 35.6 Å². The van der Waals surface area contributed by atoms with E-state index in [0.717, 1.165) is 31.6 Å². The van der Waals surface area contributed by atoms with Gasteiger partial charge in [0, 0.05) is 18.8 Å². The van der Waals surface area contributed by atoms with Crippen molar-refractivity contribution in [3.8, 4) is 0 Å². The fourth-order valence-corrected chi connectivity index (χ4v) is 3.42. The number of carbonyl (C=O) groups is 1. The number of likely N-dealkylation sites (tertiary alicyclic amines) is 1. The molecule has 2 aliphatic heterocycles. The van der Waals surface area contributed by atoms with Crippen molar-refractivity contribution in [1.82, 2.24) is 4.90 Å². The zero-order chi connectivity index (χ0) is 15.6. The lowest BCUT2D eigenvalue weighted by Gasteiger charge is -2.36. The van der Waals surface area contributed by atoms with Gasteiger partial charge in [-0.25, -0.2) is 4.99 Å². The largest absolute Gasteiger partial charge is 0.340 e. The maximum atomic E-state index is 12.3. The zero-order valence-electron chi connectivity index (χ0n) is 14.1. The zero-order valence-corrected chi connectivity index (χ0v) is 14.1. The van der Waals surface area contributed by atoms with Crippen LogP contribution in [0.25, 0.3) is 0 Å². The Morgan fingerprint density at radius 3 is 2.33 bits per heavy atom. The Morgan fingerprint density at radius 2 is 1.81 bits per heavy atom. The third kappa shape index (κ3) is 4.14. The Bertz CT molecular complexity index is 443. The monoisotopic (exact) mass is 291 g/mol. The first-order valence-corrected chi connectivity index (χ1v) is 8.29. The van der Waals surface area contributed by atoms with E-state index in [1.54, 1.807) is 0 Å². The van der Waals surface area contributed by atoms with Gasteiger partial charge in [0.25, 0.3) is 5.91 Å². The Kier molecular flexibility index (Phi) is 5.17. The highest BCUT2D eigenvalue weighted by Gasteiger charge is 2.30. The minimum Gasteiger partial charge on any atom is -0.340 e. The fraction of sp³-hybridized carbons (Fsp3) is 0.824. The first kappa shape index (κ1) is 16.2. The van der Waals surface area contributed by atoms with Crippen molar-refractivity contribution in [2.75, 3.05) is 13.1 Å². The van der Waals surface area contributed by atoms with Crippen LogP contribution in [-0.2, 0) is 4.79 Å². The number of aliphatic imine (C=N–C) groups is 2. The summed E-state index contributed by atoms with van der Waals surface area (Å²) < 4.78 is 0. The van der Waals surface area contributed by atoms with Crippen molar-refractivity contribution in [1.29, 1.82) is 0 Å². The molecule has 1 amide bonds. The Labute approximate surface area is 128 Å². The molecule has 0 radical (unpaired) electrons. The van der Waals surface area contributed by atoms with Crippen LogP contribution in [0.3, 0.4) is 0 Å². The van der Waals surface area contributed by atoms with Crippen LogP contribution in [0, 0.1) is 23.7 Å². The molecule has 0 aliphatic carbocycles. The first-order chi connectivity index (χ1) is 9.86. The summed E-state index contributed by atoms with van der Waals surface area (Å²) in [7, 11) is 0. The maximum absolute atomic E-state index is 12.3. The summed E-state index contributed by atoms with van der Waals surface area (Å²) in [6.07, 6.45) is 3.17. The van der Waals surface area contributed by atoms with E-state index >= 15 is 0 Å². The van der Waals surface area contributed by atoms with Crippen molar-refractivity contribution in [3.05, 3.63) is 0 Å². The minimum atomic E-state index is -0.101. The number of nitrogens with zero attached hydrogens (tertiary/aromatic N) is 3. The Morgan fingerprint density at radius 1 is 1.19 bits per heavy atom. The molecular formula is C17H29N3O. The van der Waals surface area contributed by atoms with Crippen molar-refractivity contribution >= 4 is 17.6 Å². The van der Waals surface area contributed by atoms with Crippen molar-refractivity contribution in [2.45, 2.75) is 53.9 Å². The normalized spacial score (nSPS) is 30.5. The van der Waals surface area contributed by atoms with E-state index in [0.29, 0.717) is 23.7 Å². The van der Waals surface area contributed by atoms with Gasteiger partial charge in [-0.2, -0.15) is 4.99 Å². The lowest BCUT2D eigenvalue weighted by molar-refractivity contribution is -0.120. The van der Waals surface area contributed by atoms with E-state index in [4.69, 9.17) is 0 Å². The van der Waals surface area contributed by atoms with E-state index in [1.807, 2.05) is 6.92 Å². The summed E-state index contributed by atoms with van der Waals surface area (Å²) in [5.74, 6) is 2.44. The quantitative estimate of drug-likeness (QED) is 0.800. The van der Waals surface area contributed by atoms with Crippen LogP contribution in [0.2, 0.25) is 0 Å². The molecule has 118 valence electrons. The van der Waals surface area contributed by atoms with E-state index in [-0.39, 0.29) is 11.8 Å². The average Bonchev–Trinajstić information content (AvgIpc) is 2.36. The summed E-state index contributed by atoms with van der Waals surface area (Å²) in [6.45, 7) is 12.8. The molecule has 0 saturated carbocycles. The first-order valence-electron chi connectivity index (χ1n) is 8.29. The Balaban J connectivity index is 2.07. The van der Waals surface area contributed by atoms with Crippen LogP contribution in [0.15, 0.2) is 9.98 Å². The van der Waals surface area contributed by atoms with E-state index in [2.05, 4.69) is 42.6 Å². The molecule has 4 heteroatoms. The second-order valence-corrected chi connectivity index (χ2v) is 7.38. The summed E-state index contributed by atoms with van der Waals surface area (Å²) in [5.41, 5.74) is 0.941. The van der Waals surface area contributed by atoms with Crippen LogP contribution in [0.5, 0.6) is 0 Å². The fourth-order valence-electron chi connectivity index (χ4n) is 3.42. The molecule has 21 heavy (non-hydrogen) atoms. The number of rotatable bonds is 3. The number of amides is 1. The Hall–Kier alpha value is -1.19. The molecule has 4 nitrogen and oxygen atoms in total. The summed E-state index contributed by atoms with van der Waals surface area (Å²) in [6, 6.07) is 0. The van der Waals surface area contributed by atoms with E-state index in [9.17, 15) is 4.79 Å². The molecule has 1 fully saturated rings. The summed E-state index contributed by atoms with van der Waals surface area (Å²) in [5, 5.41) is 0. The molecule has 2 rings (SSSR count). The third-order valence-corrected chi connectivity index (χ3v) is 4.47. The van der Waals surface area contributed by atoms with Crippen molar-refractivity contribution in [2.24, 2.45) is 33.7 Å². The van der Waals surface area contributed by atoms with Gasteiger partial charge in [0.1, 0.15) is 0 Å². The van der Waals surface area contributed by atoms with Gasteiger partial charge in [-0.3, -0.25) is 4.79 Å². The molecule has 0 N–H and O–H groups in total. The van der Waals surface area contributed by atoms with Gasteiger partial charge in [-0.1, -0.05) is 27.7 Å². The minimum absolute atomic E-state index is 0.00373. The van der Waals surface area contributed by atoms with E-state index in [1.165, 1.54) is 6.42 Å². The predicted octanol–water partition coefficient (Wildman–Crippen LogP) is 3.37. The van der Waals surface area contributed by atoms with Gasteiger partial charge >= 0.3 is 0 Å². The topological polar surface area (TPSA) is 45.0 Å². The molecular weight excluding hydrogens is 262 g/mol. The number of guanidine groups is 1. The number of carbonyl (C=O) groups excluding carboxylic acids is 1. The highest BCUT2D eigenvalue weighted by molar-refractivity contribution is 6.14. The van der Waals surface area contributed by atoms with Gasteiger partial charge in [0.2, 0.25) is 5.96 Å². The molecule has 0 aromatic rings. The van der Waals surface area contributed by atoms with Crippen LogP contribution < -0.4 is 0 Å². The molecule has 0 aromatic heterocycles. The second-order valence-electron chi connectivity index (χ2n) is 7.38. The molecule has 2 heterocycles. The molecule has 0 aromatic carbocycles. The SMILES string of the molecule is CC1=NC(N2CC(C)CC(C)C2)=NC(=O)C1CCC(C)C.